The van der Waals surface area contributed by atoms with Crippen molar-refractivity contribution in [3.05, 3.63) is 22.2 Å². The number of nitrogens with one attached hydrogen (secondary N) is 1. The normalized spacial score (nSPS) is 17.7. The Balaban J connectivity index is 2.80. The fourth-order valence-corrected chi connectivity index (χ4v) is 3.34. The Morgan fingerprint density at radius 3 is 2.67 bits per heavy atom. The van der Waals surface area contributed by atoms with E-state index in [1.807, 2.05) is 0 Å². The van der Waals surface area contributed by atoms with E-state index in [4.69, 9.17) is 23.2 Å². The Labute approximate surface area is 97.0 Å². The van der Waals surface area contributed by atoms with Crippen molar-refractivity contribution in [2.24, 2.45) is 4.40 Å². The zero-order valence-electron chi connectivity index (χ0n) is 7.58. The van der Waals surface area contributed by atoms with Crippen LogP contribution in [0.2, 0.25) is 10.0 Å². The van der Waals surface area contributed by atoms with Crippen LogP contribution >= 0.6 is 23.2 Å². The second-order valence-electron chi connectivity index (χ2n) is 3.04. The van der Waals surface area contributed by atoms with Crippen molar-refractivity contribution in [1.82, 2.24) is 0 Å². The SMILES string of the molecule is CC1=NS(=O)(=O)c2c(Cl)cc(Cl)cc2N1. The van der Waals surface area contributed by atoms with Crippen LogP contribution in [0.1, 0.15) is 6.92 Å². The topological polar surface area (TPSA) is 58.5 Å². The highest BCUT2D eigenvalue weighted by atomic mass is 35.5. The van der Waals surface area contributed by atoms with Gasteiger partial charge in [0.15, 0.2) is 0 Å². The van der Waals surface area contributed by atoms with Crippen molar-refractivity contribution >= 4 is 44.7 Å². The fraction of sp³-hybridized carbons (Fsp3) is 0.125. The van der Waals surface area contributed by atoms with Gasteiger partial charge in [0.2, 0.25) is 0 Å². The van der Waals surface area contributed by atoms with Gasteiger partial charge in [0.1, 0.15) is 10.7 Å². The summed E-state index contributed by atoms with van der Waals surface area (Å²) >= 11 is 11.6. The number of anilines is 1. The molecule has 1 aromatic carbocycles. The summed E-state index contributed by atoms with van der Waals surface area (Å²) < 4.78 is 26.8. The van der Waals surface area contributed by atoms with E-state index >= 15 is 0 Å². The molecular weight excluding hydrogens is 259 g/mol. The highest BCUT2D eigenvalue weighted by Gasteiger charge is 2.26. The number of nitrogens with zero attached hydrogens (tertiary/aromatic N) is 1. The molecule has 2 rings (SSSR count). The van der Waals surface area contributed by atoms with Gasteiger partial charge in [0, 0.05) is 5.02 Å². The monoisotopic (exact) mass is 264 g/mol. The first kappa shape index (κ1) is 10.7. The van der Waals surface area contributed by atoms with Crippen LogP contribution < -0.4 is 5.32 Å². The average molecular weight is 265 g/mol. The third-order valence-electron chi connectivity index (χ3n) is 1.84. The third kappa shape index (κ3) is 1.82. The summed E-state index contributed by atoms with van der Waals surface area (Å²) in [5, 5.41) is 3.24. The molecular formula is C8H6Cl2N2O2S. The van der Waals surface area contributed by atoms with Crippen LogP contribution in [0, 0.1) is 0 Å². The number of rotatable bonds is 0. The predicted octanol–water partition coefficient (Wildman–Crippen LogP) is 2.53. The van der Waals surface area contributed by atoms with Crippen molar-refractivity contribution in [3.8, 4) is 0 Å². The molecule has 0 saturated heterocycles. The smallest absolute Gasteiger partial charge is 0.287 e. The van der Waals surface area contributed by atoms with Gasteiger partial charge in [-0.1, -0.05) is 23.2 Å². The van der Waals surface area contributed by atoms with Gasteiger partial charge in [-0.25, -0.2) is 0 Å². The minimum Gasteiger partial charge on any atom is -0.342 e. The molecule has 1 aromatic rings. The molecule has 0 bridgehead atoms. The first-order valence-corrected chi connectivity index (χ1v) is 6.17. The van der Waals surface area contributed by atoms with Crippen molar-refractivity contribution in [1.29, 1.82) is 0 Å². The van der Waals surface area contributed by atoms with Crippen molar-refractivity contribution in [3.63, 3.8) is 0 Å². The number of amidine groups is 1. The van der Waals surface area contributed by atoms with E-state index < -0.39 is 10.0 Å². The predicted molar refractivity (Wildman–Crippen MR) is 60.4 cm³/mol. The number of hydrogen-bond acceptors (Lipinski definition) is 3. The molecule has 0 amide bonds. The molecule has 1 aliphatic heterocycles. The minimum absolute atomic E-state index is 0.0285. The third-order valence-corrected chi connectivity index (χ3v) is 3.94. The lowest BCUT2D eigenvalue weighted by Gasteiger charge is -2.17. The maximum Gasteiger partial charge on any atom is 0.287 e. The van der Waals surface area contributed by atoms with Gasteiger partial charge < -0.3 is 5.32 Å². The molecule has 4 nitrogen and oxygen atoms in total. The van der Waals surface area contributed by atoms with Crippen LogP contribution in [0.5, 0.6) is 0 Å². The summed E-state index contributed by atoms with van der Waals surface area (Å²) in [5.41, 5.74) is 0.361. The lowest BCUT2D eigenvalue weighted by atomic mass is 10.3. The summed E-state index contributed by atoms with van der Waals surface area (Å²) in [6.07, 6.45) is 0. The molecule has 15 heavy (non-hydrogen) atoms. The molecule has 0 aliphatic carbocycles. The van der Waals surface area contributed by atoms with Crippen molar-refractivity contribution < 1.29 is 8.42 Å². The van der Waals surface area contributed by atoms with Crippen LogP contribution in [0.4, 0.5) is 5.69 Å². The van der Waals surface area contributed by atoms with E-state index in [1.54, 1.807) is 6.92 Å². The Kier molecular flexibility index (Phi) is 2.41. The fourth-order valence-electron chi connectivity index (χ4n) is 1.36. The standard InChI is InChI=1S/C8H6Cl2N2O2S/c1-4-11-7-3-5(9)2-6(10)8(7)15(13,14)12-4/h2-3H,1H3,(H,11,12). The molecule has 0 fully saturated rings. The quantitative estimate of drug-likeness (QED) is 0.784. The Bertz CT molecular complexity index is 566. The summed E-state index contributed by atoms with van der Waals surface area (Å²) in [7, 11) is -3.70. The summed E-state index contributed by atoms with van der Waals surface area (Å²) in [5.74, 6) is 0.292. The number of hydrogen-bond donors (Lipinski definition) is 1. The van der Waals surface area contributed by atoms with Crippen LogP contribution in [-0.4, -0.2) is 14.3 Å². The molecule has 0 aromatic heterocycles. The largest absolute Gasteiger partial charge is 0.342 e. The number of halogens is 2. The van der Waals surface area contributed by atoms with Gasteiger partial charge in [0.25, 0.3) is 10.0 Å². The van der Waals surface area contributed by atoms with Gasteiger partial charge in [0.05, 0.1) is 10.7 Å². The Morgan fingerprint density at radius 1 is 1.33 bits per heavy atom. The molecule has 0 spiro atoms. The van der Waals surface area contributed by atoms with Crippen LogP contribution in [0.15, 0.2) is 21.4 Å². The highest BCUT2D eigenvalue weighted by molar-refractivity contribution is 7.90. The van der Waals surface area contributed by atoms with Crippen LogP contribution in [-0.2, 0) is 10.0 Å². The molecule has 1 N–H and O–H groups in total. The van der Waals surface area contributed by atoms with E-state index in [1.165, 1.54) is 12.1 Å². The molecule has 80 valence electrons. The Morgan fingerprint density at radius 2 is 2.00 bits per heavy atom. The summed E-state index contributed by atoms with van der Waals surface area (Å²) in [4.78, 5) is -0.0285. The minimum atomic E-state index is -3.70. The molecule has 1 aliphatic rings. The molecule has 1 heterocycles. The molecule has 0 radical (unpaired) electrons. The van der Waals surface area contributed by atoms with Gasteiger partial charge in [-0.3, -0.25) is 0 Å². The number of fused-ring (bicyclic) bond motifs is 1. The van der Waals surface area contributed by atoms with Gasteiger partial charge in [-0.2, -0.15) is 8.42 Å². The first-order valence-electron chi connectivity index (χ1n) is 3.98. The molecule has 0 unspecified atom stereocenters. The molecule has 7 heteroatoms. The van der Waals surface area contributed by atoms with E-state index in [-0.39, 0.29) is 9.92 Å². The van der Waals surface area contributed by atoms with E-state index in [0.717, 1.165) is 0 Å². The zero-order valence-corrected chi connectivity index (χ0v) is 9.91. The maximum absolute atomic E-state index is 11.7. The lowest BCUT2D eigenvalue weighted by Crippen LogP contribution is -2.18. The number of benzene rings is 1. The van der Waals surface area contributed by atoms with Gasteiger partial charge in [-0.05, 0) is 19.1 Å². The first-order chi connectivity index (χ1) is 6.90. The number of sulfonamides is 1. The lowest BCUT2D eigenvalue weighted by molar-refractivity contribution is 0.598. The van der Waals surface area contributed by atoms with Crippen LogP contribution in [0.25, 0.3) is 0 Å². The Hall–Kier alpha value is -0.780. The molecule has 0 atom stereocenters. The van der Waals surface area contributed by atoms with Crippen molar-refractivity contribution in [2.45, 2.75) is 11.8 Å². The van der Waals surface area contributed by atoms with Crippen LogP contribution in [0.3, 0.4) is 0 Å². The highest BCUT2D eigenvalue weighted by Crippen LogP contribution is 2.36. The van der Waals surface area contributed by atoms with Gasteiger partial charge >= 0.3 is 0 Å². The van der Waals surface area contributed by atoms with E-state index in [0.29, 0.717) is 16.5 Å². The second-order valence-corrected chi connectivity index (χ2v) is 5.43. The van der Waals surface area contributed by atoms with Crippen molar-refractivity contribution in [2.75, 3.05) is 5.32 Å². The van der Waals surface area contributed by atoms with E-state index in [2.05, 4.69) is 9.71 Å². The average Bonchev–Trinajstić information content (AvgIpc) is 1.97. The second kappa shape index (κ2) is 3.37. The summed E-state index contributed by atoms with van der Waals surface area (Å²) in [6.45, 7) is 1.55. The van der Waals surface area contributed by atoms with Gasteiger partial charge in [-0.15, -0.1) is 4.40 Å². The maximum atomic E-state index is 11.7. The van der Waals surface area contributed by atoms with E-state index in [9.17, 15) is 8.42 Å². The molecule has 0 saturated carbocycles. The summed E-state index contributed by atoms with van der Waals surface area (Å²) in [6, 6.07) is 2.87. The zero-order chi connectivity index (χ0) is 11.2.